The fourth-order valence-electron chi connectivity index (χ4n) is 2.78. The van der Waals surface area contributed by atoms with Crippen molar-refractivity contribution in [3.05, 3.63) is 57.9 Å². The van der Waals surface area contributed by atoms with Gasteiger partial charge in [-0.1, -0.05) is 12.1 Å². The van der Waals surface area contributed by atoms with E-state index in [1.807, 2.05) is 4.57 Å². The molecule has 1 amide bonds. The fourth-order valence-corrected chi connectivity index (χ4v) is 5.12. The molecule has 0 aliphatic heterocycles. The Morgan fingerprint density at radius 3 is 2.86 bits per heavy atom. The van der Waals surface area contributed by atoms with Crippen LogP contribution in [-0.4, -0.2) is 29.1 Å². The van der Waals surface area contributed by atoms with Crippen molar-refractivity contribution in [1.82, 2.24) is 20.1 Å². The quantitative estimate of drug-likeness (QED) is 0.494. The van der Waals surface area contributed by atoms with Crippen molar-refractivity contribution < 1.29 is 13.2 Å². The predicted molar refractivity (Wildman–Crippen MR) is 108 cm³/mol. The number of amides is 1. The van der Waals surface area contributed by atoms with Gasteiger partial charge >= 0.3 is 0 Å². The minimum absolute atomic E-state index is 0.213. The van der Waals surface area contributed by atoms with Gasteiger partial charge in [0.2, 0.25) is 0 Å². The molecule has 0 bridgehead atoms. The van der Waals surface area contributed by atoms with Gasteiger partial charge in [-0.05, 0) is 54.7 Å². The fraction of sp³-hybridized carbons (Fsp3) is 0.235. The third-order valence-electron chi connectivity index (χ3n) is 4.23. The Balaban J connectivity index is 1.45. The van der Waals surface area contributed by atoms with Crippen molar-refractivity contribution in [3.63, 3.8) is 0 Å². The molecule has 1 fully saturated rings. The molecular formula is C17H17N5O3S3. The first-order chi connectivity index (χ1) is 13.4. The third kappa shape index (κ3) is 4.01. The minimum atomic E-state index is -3.67. The van der Waals surface area contributed by atoms with Crippen LogP contribution < -0.4 is 10.0 Å². The number of aromatic amines is 1. The molecule has 8 nitrogen and oxygen atoms in total. The number of benzene rings is 1. The van der Waals surface area contributed by atoms with E-state index < -0.39 is 10.0 Å². The number of nitrogens with one attached hydrogen (secondary N) is 3. The number of carbonyl (C=O) groups excluding carboxylic acids is 1. The molecule has 28 heavy (non-hydrogen) atoms. The van der Waals surface area contributed by atoms with E-state index in [1.165, 1.54) is 12.1 Å². The van der Waals surface area contributed by atoms with Gasteiger partial charge in [0.25, 0.3) is 15.9 Å². The number of anilines is 1. The van der Waals surface area contributed by atoms with Crippen LogP contribution in [-0.2, 0) is 16.6 Å². The normalized spacial score (nSPS) is 14.0. The molecule has 146 valence electrons. The van der Waals surface area contributed by atoms with E-state index in [0.29, 0.717) is 27.9 Å². The number of aromatic nitrogens is 3. The first-order valence-corrected chi connectivity index (χ1v) is 11.3. The van der Waals surface area contributed by atoms with Crippen LogP contribution in [0.5, 0.6) is 0 Å². The van der Waals surface area contributed by atoms with Gasteiger partial charge in [0, 0.05) is 17.3 Å². The van der Waals surface area contributed by atoms with Crippen LogP contribution in [0.2, 0.25) is 0 Å². The zero-order valence-corrected chi connectivity index (χ0v) is 17.0. The van der Waals surface area contributed by atoms with E-state index >= 15 is 0 Å². The summed E-state index contributed by atoms with van der Waals surface area (Å²) in [5.41, 5.74) is 0.667. The zero-order chi connectivity index (χ0) is 19.7. The van der Waals surface area contributed by atoms with Gasteiger partial charge in [-0.2, -0.15) is 5.10 Å². The van der Waals surface area contributed by atoms with Gasteiger partial charge < -0.3 is 5.32 Å². The SMILES string of the molecule is O=C(NCc1n[nH]c(=S)n1C1CC1)c1cccc(NS(=O)(=O)c2cccs2)c1. The van der Waals surface area contributed by atoms with Crippen LogP contribution in [0.15, 0.2) is 46.0 Å². The van der Waals surface area contributed by atoms with Gasteiger partial charge in [-0.15, -0.1) is 11.3 Å². The molecule has 1 aliphatic rings. The van der Waals surface area contributed by atoms with E-state index in [0.717, 1.165) is 24.2 Å². The highest BCUT2D eigenvalue weighted by Crippen LogP contribution is 2.35. The molecule has 0 atom stereocenters. The first-order valence-electron chi connectivity index (χ1n) is 8.54. The zero-order valence-electron chi connectivity index (χ0n) is 14.6. The molecule has 1 saturated carbocycles. The van der Waals surface area contributed by atoms with Crippen molar-refractivity contribution in [2.24, 2.45) is 0 Å². The number of hydrogen-bond donors (Lipinski definition) is 3. The number of hydrogen-bond acceptors (Lipinski definition) is 6. The molecule has 3 N–H and O–H groups in total. The van der Waals surface area contributed by atoms with Crippen LogP contribution in [0.4, 0.5) is 5.69 Å². The van der Waals surface area contributed by atoms with Crippen LogP contribution >= 0.6 is 23.6 Å². The smallest absolute Gasteiger partial charge is 0.271 e. The van der Waals surface area contributed by atoms with E-state index in [4.69, 9.17) is 12.2 Å². The maximum absolute atomic E-state index is 12.5. The molecule has 0 radical (unpaired) electrons. The Kier molecular flexibility index (Phi) is 5.04. The highest BCUT2D eigenvalue weighted by molar-refractivity contribution is 7.94. The van der Waals surface area contributed by atoms with E-state index in [-0.39, 0.29) is 16.7 Å². The molecule has 3 aromatic rings. The Bertz CT molecular complexity index is 1160. The molecule has 1 aliphatic carbocycles. The molecule has 2 aromatic heterocycles. The second kappa shape index (κ2) is 7.49. The van der Waals surface area contributed by atoms with Crippen LogP contribution in [0.25, 0.3) is 0 Å². The lowest BCUT2D eigenvalue weighted by molar-refractivity contribution is 0.0949. The summed E-state index contributed by atoms with van der Waals surface area (Å²) in [7, 11) is -3.67. The Labute approximate surface area is 170 Å². The largest absolute Gasteiger partial charge is 0.345 e. The Hall–Kier alpha value is -2.50. The summed E-state index contributed by atoms with van der Waals surface area (Å²) in [6.45, 7) is 0.230. The number of thiophene rings is 1. The summed E-state index contributed by atoms with van der Waals surface area (Å²) < 4.78 is 29.9. The monoisotopic (exact) mass is 435 g/mol. The summed E-state index contributed by atoms with van der Waals surface area (Å²) in [5.74, 6) is 0.351. The van der Waals surface area contributed by atoms with Crippen molar-refractivity contribution in [2.75, 3.05) is 4.72 Å². The number of rotatable bonds is 7. The van der Waals surface area contributed by atoms with Crippen molar-refractivity contribution in [2.45, 2.75) is 29.6 Å². The maximum atomic E-state index is 12.5. The lowest BCUT2D eigenvalue weighted by Gasteiger charge is -2.09. The average molecular weight is 436 g/mol. The van der Waals surface area contributed by atoms with Crippen LogP contribution in [0.3, 0.4) is 0 Å². The number of H-pyrrole nitrogens is 1. The summed E-state index contributed by atoms with van der Waals surface area (Å²) in [6, 6.07) is 9.89. The summed E-state index contributed by atoms with van der Waals surface area (Å²) >= 11 is 6.36. The summed E-state index contributed by atoms with van der Waals surface area (Å²) in [4.78, 5) is 12.5. The predicted octanol–water partition coefficient (Wildman–Crippen LogP) is 3.07. The third-order valence-corrected chi connectivity index (χ3v) is 7.30. The van der Waals surface area contributed by atoms with Crippen molar-refractivity contribution >= 4 is 45.2 Å². The van der Waals surface area contributed by atoms with Crippen molar-refractivity contribution in [3.8, 4) is 0 Å². The summed E-state index contributed by atoms with van der Waals surface area (Å²) in [5, 5.41) is 11.4. The lowest BCUT2D eigenvalue weighted by Crippen LogP contribution is -2.25. The van der Waals surface area contributed by atoms with Gasteiger partial charge in [0.15, 0.2) is 10.6 Å². The number of sulfonamides is 1. The number of nitrogens with zero attached hydrogens (tertiary/aromatic N) is 2. The Morgan fingerprint density at radius 1 is 1.32 bits per heavy atom. The minimum Gasteiger partial charge on any atom is -0.345 e. The topological polar surface area (TPSA) is 109 Å². The number of carbonyl (C=O) groups is 1. The highest BCUT2D eigenvalue weighted by Gasteiger charge is 2.27. The molecule has 0 spiro atoms. The summed E-state index contributed by atoms with van der Waals surface area (Å²) in [6.07, 6.45) is 2.11. The van der Waals surface area contributed by atoms with E-state index in [1.54, 1.807) is 29.6 Å². The van der Waals surface area contributed by atoms with Gasteiger partial charge in [-0.25, -0.2) is 8.42 Å². The van der Waals surface area contributed by atoms with Gasteiger partial charge in [0.05, 0.1) is 6.54 Å². The van der Waals surface area contributed by atoms with Crippen molar-refractivity contribution in [1.29, 1.82) is 0 Å². The standard InChI is InChI=1S/C17H17N5O3S3/c23-16(18-10-14-19-20-17(26)22(14)13-6-7-13)11-3-1-4-12(9-11)21-28(24,25)15-5-2-8-27-15/h1-5,8-9,13,21H,6-7,10H2,(H,18,23)(H,20,26). The molecular weight excluding hydrogens is 418 g/mol. The average Bonchev–Trinajstić information content (AvgIpc) is 3.18. The maximum Gasteiger partial charge on any atom is 0.271 e. The van der Waals surface area contributed by atoms with E-state index in [2.05, 4.69) is 20.2 Å². The van der Waals surface area contributed by atoms with E-state index in [9.17, 15) is 13.2 Å². The first kappa shape index (κ1) is 18.8. The molecule has 2 heterocycles. The molecule has 4 rings (SSSR count). The molecule has 0 saturated heterocycles. The van der Waals surface area contributed by atoms with Gasteiger partial charge in [-0.3, -0.25) is 19.2 Å². The van der Waals surface area contributed by atoms with Crippen LogP contribution in [0, 0.1) is 4.77 Å². The van der Waals surface area contributed by atoms with Crippen LogP contribution in [0.1, 0.15) is 35.1 Å². The molecule has 11 heteroatoms. The molecule has 1 aromatic carbocycles. The Morgan fingerprint density at radius 2 is 2.14 bits per heavy atom. The second-order valence-electron chi connectivity index (χ2n) is 6.35. The highest BCUT2D eigenvalue weighted by atomic mass is 32.2. The molecule has 0 unspecified atom stereocenters. The second-order valence-corrected chi connectivity index (χ2v) is 9.59. The lowest BCUT2D eigenvalue weighted by atomic mass is 10.2. The van der Waals surface area contributed by atoms with Gasteiger partial charge in [0.1, 0.15) is 4.21 Å².